The van der Waals surface area contributed by atoms with Gasteiger partial charge in [-0.15, -0.1) is 11.8 Å². The molecule has 0 aliphatic carbocycles. The van der Waals surface area contributed by atoms with Crippen LogP contribution in [-0.4, -0.2) is 56.9 Å². The third-order valence-electron chi connectivity index (χ3n) is 4.31. The van der Waals surface area contributed by atoms with Crippen LogP contribution in [0.3, 0.4) is 0 Å². The second kappa shape index (κ2) is 9.78. The van der Waals surface area contributed by atoms with Crippen LogP contribution in [0.1, 0.15) is 10.4 Å². The molecule has 1 aliphatic rings. The lowest BCUT2D eigenvalue weighted by Gasteiger charge is -2.26. The molecular weight excluding hydrogens is 477 g/mol. The van der Waals surface area contributed by atoms with Gasteiger partial charge in [0.2, 0.25) is 10.0 Å². The monoisotopic (exact) mass is 494 g/mol. The molecule has 0 unspecified atom stereocenters. The molecule has 1 N–H and O–H groups in total. The zero-order valence-corrected chi connectivity index (χ0v) is 18.4. The smallest absolute Gasteiger partial charge is 0.379 e. The van der Waals surface area contributed by atoms with Crippen molar-refractivity contribution in [1.29, 1.82) is 0 Å². The van der Waals surface area contributed by atoms with Gasteiger partial charge in [0.15, 0.2) is 0 Å². The van der Waals surface area contributed by atoms with Crippen molar-refractivity contribution in [3.05, 3.63) is 53.1 Å². The van der Waals surface area contributed by atoms with Crippen LogP contribution in [0.25, 0.3) is 0 Å². The number of amides is 1. The van der Waals surface area contributed by atoms with Crippen LogP contribution in [-0.2, 0) is 14.8 Å². The van der Waals surface area contributed by atoms with Crippen LogP contribution in [0.5, 0.6) is 0 Å². The highest BCUT2D eigenvalue weighted by molar-refractivity contribution is 7.99. The number of hydrogen-bond acceptors (Lipinski definition) is 5. The Hall–Kier alpha value is -1.79. The van der Waals surface area contributed by atoms with Crippen LogP contribution < -0.4 is 5.32 Å². The van der Waals surface area contributed by atoms with Gasteiger partial charge in [0.1, 0.15) is 4.90 Å². The van der Waals surface area contributed by atoms with E-state index < -0.39 is 27.9 Å². The molecule has 31 heavy (non-hydrogen) atoms. The summed E-state index contributed by atoms with van der Waals surface area (Å²) in [5.74, 6) is -1.78. The minimum atomic E-state index is -4.36. The molecule has 1 aliphatic heterocycles. The van der Waals surface area contributed by atoms with E-state index in [1.165, 1.54) is 28.6 Å². The summed E-state index contributed by atoms with van der Waals surface area (Å²) >= 11 is 6.64. The van der Waals surface area contributed by atoms with Crippen LogP contribution in [0.4, 0.5) is 18.9 Å². The van der Waals surface area contributed by atoms with Gasteiger partial charge in [-0.3, -0.25) is 4.79 Å². The Morgan fingerprint density at radius 1 is 1.16 bits per heavy atom. The van der Waals surface area contributed by atoms with Crippen molar-refractivity contribution in [1.82, 2.24) is 4.31 Å². The summed E-state index contributed by atoms with van der Waals surface area (Å²) < 4.78 is 69.9. The Morgan fingerprint density at radius 3 is 2.52 bits per heavy atom. The Morgan fingerprint density at radius 2 is 1.84 bits per heavy atom. The van der Waals surface area contributed by atoms with Crippen molar-refractivity contribution in [2.75, 3.05) is 37.4 Å². The van der Waals surface area contributed by atoms with E-state index in [1.807, 2.05) is 0 Å². The fourth-order valence-electron chi connectivity index (χ4n) is 2.82. The summed E-state index contributed by atoms with van der Waals surface area (Å²) in [6, 6.07) is 9.87. The predicted octanol–water partition coefficient (Wildman–Crippen LogP) is 4.27. The number of ether oxygens (including phenoxy) is 1. The topological polar surface area (TPSA) is 75.7 Å². The number of carbonyl (C=O) groups excluding carboxylic acids is 1. The maximum atomic E-state index is 12.9. The zero-order valence-electron chi connectivity index (χ0n) is 16.0. The quantitative estimate of drug-likeness (QED) is 0.607. The fourth-order valence-corrected chi connectivity index (χ4v) is 5.50. The van der Waals surface area contributed by atoms with Gasteiger partial charge in [-0.25, -0.2) is 8.42 Å². The van der Waals surface area contributed by atoms with Gasteiger partial charge in [0.25, 0.3) is 5.91 Å². The maximum Gasteiger partial charge on any atom is 0.398 e. The number of carbonyl (C=O) groups is 1. The molecule has 0 aromatic heterocycles. The lowest BCUT2D eigenvalue weighted by Crippen LogP contribution is -2.40. The molecule has 0 spiro atoms. The van der Waals surface area contributed by atoms with Crippen molar-refractivity contribution in [3.8, 4) is 0 Å². The number of alkyl halides is 3. The van der Waals surface area contributed by atoms with Gasteiger partial charge in [0, 0.05) is 23.5 Å². The molecule has 168 valence electrons. The number of thioether (sulfide) groups is 1. The summed E-state index contributed by atoms with van der Waals surface area (Å²) in [4.78, 5) is 12.7. The van der Waals surface area contributed by atoms with E-state index >= 15 is 0 Å². The molecule has 2 aromatic carbocycles. The number of anilines is 1. The van der Waals surface area contributed by atoms with Gasteiger partial charge in [-0.1, -0.05) is 23.7 Å². The zero-order chi connectivity index (χ0) is 22.6. The number of nitrogens with zero attached hydrogens (tertiary/aromatic N) is 1. The summed E-state index contributed by atoms with van der Waals surface area (Å²) in [5, 5.41) is 2.50. The molecule has 0 saturated carbocycles. The van der Waals surface area contributed by atoms with Gasteiger partial charge < -0.3 is 10.1 Å². The maximum absolute atomic E-state index is 12.9. The van der Waals surface area contributed by atoms with Crippen LogP contribution in [0, 0.1) is 0 Å². The van der Waals surface area contributed by atoms with Crippen molar-refractivity contribution < 1.29 is 31.1 Å². The molecule has 6 nitrogen and oxygen atoms in total. The average molecular weight is 495 g/mol. The number of benzene rings is 2. The van der Waals surface area contributed by atoms with E-state index in [2.05, 4.69) is 5.32 Å². The molecule has 12 heteroatoms. The summed E-state index contributed by atoms with van der Waals surface area (Å²) in [7, 11) is -3.94. The van der Waals surface area contributed by atoms with Gasteiger partial charge >= 0.3 is 6.18 Å². The largest absolute Gasteiger partial charge is 0.398 e. The van der Waals surface area contributed by atoms with E-state index in [9.17, 15) is 26.4 Å². The number of halogens is 4. The summed E-state index contributed by atoms with van der Waals surface area (Å²) in [6.07, 6.45) is -4.36. The molecule has 2 aromatic rings. The normalized spacial score (nSPS) is 15.6. The number of rotatable bonds is 6. The third-order valence-corrected chi connectivity index (χ3v) is 7.83. The van der Waals surface area contributed by atoms with Gasteiger partial charge in [0.05, 0.1) is 29.7 Å². The van der Waals surface area contributed by atoms with Crippen molar-refractivity contribution in [3.63, 3.8) is 0 Å². The third kappa shape index (κ3) is 6.13. The Balaban J connectivity index is 1.83. The molecular formula is C19H18ClF3N2O4S2. The minimum Gasteiger partial charge on any atom is -0.379 e. The summed E-state index contributed by atoms with van der Waals surface area (Å²) in [6.45, 7) is 0.838. The second-order valence-corrected chi connectivity index (χ2v) is 9.85. The lowest BCUT2D eigenvalue weighted by molar-refractivity contribution is -0.105. The minimum absolute atomic E-state index is 0.00635. The van der Waals surface area contributed by atoms with E-state index in [0.717, 1.165) is 6.07 Å². The molecule has 0 radical (unpaired) electrons. The van der Waals surface area contributed by atoms with Crippen molar-refractivity contribution in [2.45, 2.75) is 16.0 Å². The van der Waals surface area contributed by atoms with Gasteiger partial charge in [-0.2, -0.15) is 17.5 Å². The molecule has 0 atom stereocenters. The fraction of sp³-hybridized carbons (Fsp3) is 0.316. The van der Waals surface area contributed by atoms with Crippen LogP contribution in [0.2, 0.25) is 5.02 Å². The molecule has 1 amide bonds. The highest BCUT2D eigenvalue weighted by Crippen LogP contribution is 2.33. The molecule has 1 heterocycles. The SMILES string of the molecule is O=C(Nc1ccccc1SCC(F)(F)F)c1ccc(Cl)c(S(=O)(=O)N2CCOCC2)c1. The Bertz CT molecular complexity index is 1060. The van der Waals surface area contributed by atoms with E-state index in [-0.39, 0.29) is 52.4 Å². The molecule has 1 saturated heterocycles. The molecule has 3 rings (SSSR count). The Labute approximate surface area is 186 Å². The first-order valence-corrected chi connectivity index (χ1v) is 11.9. The lowest BCUT2D eigenvalue weighted by atomic mass is 10.2. The first-order chi connectivity index (χ1) is 14.6. The standard InChI is InChI=1S/C19H18ClF3N2O4S2/c20-14-6-5-13(11-17(14)31(27,28)25-7-9-29-10-8-25)18(26)24-15-3-1-2-4-16(15)30-12-19(21,22)23/h1-6,11H,7-10,12H2,(H,24,26). The molecule has 1 fully saturated rings. The first-order valence-electron chi connectivity index (χ1n) is 9.05. The van der Waals surface area contributed by atoms with Crippen molar-refractivity contribution >= 4 is 45.0 Å². The Kier molecular flexibility index (Phi) is 7.53. The highest BCUT2D eigenvalue weighted by atomic mass is 35.5. The highest BCUT2D eigenvalue weighted by Gasteiger charge is 2.30. The molecule has 0 bridgehead atoms. The number of morpholine rings is 1. The second-order valence-electron chi connectivity index (χ2n) is 6.52. The number of para-hydroxylation sites is 1. The van der Waals surface area contributed by atoms with E-state index in [4.69, 9.17) is 16.3 Å². The first kappa shape index (κ1) is 23.9. The van der Waals surface area contributed by atoms with Crippen molar-refractivity contribution in [2.24, 2.45) is 0 Å². The summed E-state index contributed by atoms with van der Waals surface area (Å²) in [5.41, 5.74) is 0.196. The number of hydrogen-bond donors (Lipinski definition) is 1. The number of nitrogens with one attached hydrogen (secondary N) is 1. The van der Waals surface area contributed by atoms with Crippen LogP contribution in [0.15, 0.2) is 52.3 Å². The number of sulfonamides is 1. The average Bonchev–Trinajstić information content (AvgIpc) is 2.73. The van der Waals surface area contributed by atoms with E-state index in [0.29, 0.717) is 11.8 Å². The van der Waals surface area contributed by atoms with Crippen LogP contribution >= 0.6 is 23.4 Å². The van der Waals surface area contributed by atoms with Gasteiger partial charge in [-0.05, 0) is 30.3 Å². The predicted molar refractivity (Wildman–Crippen MR) is 112 cm³/mol. The van der Waals surface area contributed by atoms with E-state index in [1.54, 1.807) is 12.1 Å².